The average Bonchev–Trinajstić information content (AvgIpc) is 2.78. The van der Waals surface area contributed by atoms with Crippen LogP contribution in [0.5, 0.6) is 0 Å². The van der Waals surface area contributed by atoms with Crippen LogP contribution < -0.4 is 5.32 Å². The van der Waals surface area contributed by atoms with E-state index in [0.29, 0.717) is 6.42 Å². The van der Waals surface area contributed by atoms with Crippen LogP contribution in [0, 0.1) is 24.0 Å². The second-order valence-electron chi connectivity index (χ2n) is 5.09. The van der Waals surface area contributed by atoms with Gasteiger partial charge in [0, 0.05) is 27.4 Å². The predicted octanol–water partition coefficient (Wildman–Crippen LogP) is 4.17. The molecule has 112 valence electrons. The summed E-state index contributed by atoms with van der Waals surface area (Å²) in [7, 11) is 0. The van der Waals surface area contributed by atoms with Gasteiger partial charge in [-0.3, -0.25) is 10.1 Å². The molecule has 0 spiro atoms. The lowest BCUT2D eigenvalue weighted by atomic mass is 10.0. The topological polar surface area (TPSA) is 55.2 Å². The lowest BCUT2D eigenvalue weighted by Crippen LogP contribution is -2.22. The zero-order valence-electron chi connectivity index (χ0n) is 12.6. The molecule has 0 aliphatic heterocycles. The number of benzene rings is 1. The molecule has 0 saturated heterocycles. The van der Waals surface area contributed by atoms with Crippen LogP contribution in [0.25, 0.3) is 0 Å². The van der Waals surface area contributed by atoms with Crippen molar-refractivity contribution in [2.75, 3.05) is 6.54 Å². The molecule has 1 atom stereocenters. The zero-order valence-corrected chi connectivity index (χ0v) is 13.4. The molecule has 0 fully saturated rings. The van der Waals surface area contributed by atoms with Crippen LogP contribution >= 0.6 is 11.3 Å². The number of nitro benzene ring substituents is 1. The summed E-state index contributed by atoms with van der Waals surface area (Å²) in [4.78, 5) is 13.4. The minimum absolute atomic E-state index is 0.119. The monoisotopic (exact) mass is 304 g/mol. The molecule has 0 saturated carbocycles. The number of thiophene rings is 1. The van der Waals surface area contributed by atoms with Gasteiger partial charge in [0.2, 0.25) is 0 Å². The van der Waals surface area contributed by atoms with Crippen LogP contribution in [0.1, 0.15) is 33.8 Å². The van der Waals surface area contributed by atoms with Crippen molar-refractivity contribution in [2.24, 2.45) is 0 Å². The Balaban J connectivity index is 2.30. The van der Waals surface area contributed by atoms with E-state index in [4.69, 9.17) is 0 Å². The average molecular weight is 304 g/mol. The maximum Gasteiger partial charge on any atom is 0.272 e. The fourth-order valence-electron chi connectivity index (χ4n) is 2.37. The van der Waals surface area contributed by atoms with E-state index in [1.165, 1.54) is 15.3 Å². The minimum Gasteiger partial charge on any atom is -0.309 e. The van der Waals surface area contributed by atoms with Gasteiger partial charge in [-0.25, -0.2) is 0 Å². The Morgan fingerprint density at radius 3 is 2.62 bits per heavy atom. The molecule has 2 aromatic rings. The van der Waals surface area contributed by atoms with Crippen molar-refractivity contribution in [3.63, 3.8) is 0 Å². The quantitative estimate of drug-likeness (QED) is 0.644. The Morgan fingerprint density at radius 1 is 1.33 bits per heavy atom. The van der Waals surface area contributed by atoms with Gasteiger partial charge in [0.25, 0.3) is 5.69 Å². The van der Waals surface area contributed by atoms with Crippen molar-refractivity contribution in [1.29, 1.82) is 0 Å². The smallest absolute Gasteiger partial charge is 0.272 e. The molecule has 21 heavy (non-hydrogen) atoms. The lowest BCUT2D eigenvalue weighted by molar-refractivity contribution is -0.385. The molecule has 2 rings (SSSR count). The van der Waals surface area contributed by atoms with Crippen LogP contribution in [0.4, 0.5) is 5.69 Å². The first-order valence-electron chi connectivity index (χ1n) is 7.05. The lowest BCUT2D eigenvalue weighted by Gasteiger charge is -2.16. The van der Waals surface area contributed by atoms with E-state index >= 15 is 0 Å². The predicted molar refractivity (Wildman–Crippen MR) is 87.0 cm³/mol. The van der Waals surface area contributed by atoms with Crippen LogP contribution in [-0.2, 0) is 6.42 Å². The number of hydrogen-bond donors (Lipinski definition) is 1. The standard InChI is InChI=1S/C16H20N2O2S/c1-4-17-14(16-9-11(2)12(3)21-16)10-13-7-5-6-8-15(13)18(19)20/h5-9,14,17H,4,10H2,1-3H3. The van der Waals surface area contributed by atoms with Crippen LogP contribution in [0.15, 0.2) is 30.3 Å². The molecule has 1 aromatic heterocycles. The van der Waals surface area contributed by atoms with E-state index in [1.807, 2.05) is 12.1 Å². The van der Waals surface area contributed by atoms with Crippen molar-refractivity contribution in [1.82, 2.24) is 5.32 Å². The van der Waals surface area contributed by atoms with E-state index < -0.39 is 0 Å². The van der Waals surface area contributed by atoms with Crippen molar-refractivity contribution in [3.8, 4) is 0 Å². The highest BCUT2D eigenvalue weighted by molar-refractivity contribution is 7.12. The molecular weight excluding hydrogens is 284 g/mol. The van der Waals surface area contributed by atoms with Crippen molar-refractivity contribution in [3.05, 3.63) is 61.3 Å². The number of nitrogens with zero attached hydrogens (tertiary/aromatic N) is 1. The fraction of sp³-hybridized carbons (Fsp3) is 0.375. The summed E-state index contributed by atoms with van der Waals surface area (Å²) >= 11 is 1.76. The van der Waals surface area contributed by atoms with Gasteiger partial charge < -0.3 is 5.32 Å². The molecule has 4 nitrogen and oxygen atoms in total. The van der Waals surface area contributed by atoms with Gasteiger partial charge in [0.05, 0.1) is 4.92 Å². The maximum atomic E-state index is 11.1. The summed E-state index contributed by atoms with van der Waals surface area (Å²) < 4.78 is 0. The third-order valence-electron chi connectivity index (χ3n) is 3.59. The van der Waals surface area contributed by atoms with Gasteiger partial charge in [0.1, 0.15) is 0 Å². The van der Waals surface area contributed by atoms with Gasteiger partial charge in [0.15, 0.2) is 0 Å². The molecule has 1 N–H and O–H groups in total. The normalized spacial score (nSPS) is 12.3. The number of likely N-dealkylation sites (N-methyl/N-ethyl adjacent to an activating group) is 1. The number of hydrogen-bond acceptors (Lipinski definition) is 4. The third kappa shape index (κ3) is 3.68. The Morgan fingerprint density at radius 2 is 2.05 bits per heavy atom. The number of rotatable bonds is 6. The summed E-state index contributed by atoms with van der Waals surface area (Å²) in [6.45, 7) is 7.10. The van der Waals surface area contributed by atoms with Gasteiger partial charge in [-0.1, -0.05) is 25.1 Å². The highest BCUT2D eigenvalue weighted by Crippen LogP contribution is 2.30. The summed E-state index contributed by atoms with van der Waals surface area (Å²) in [6, 6.07) is 9.29. The number of para-hydroxylation sites is 1. The van der Waals surface area contributed by atoms with Crippen LogP contribution in [0.3, 0.4) is 0 Å². The molecule has 5 heteroatoms. The van der Waals surface area contributed by atoms with E-state index in [0.717, 1.165) is 12.1 Å². The Bertz CT molecular complexity index is 617. The van der Waals surface area contributed by atoms with Crippen molar-refractivity contribution >= 4 is 17.0 Å². The SMILES string of the molecule is CCNC(Cc1ccccc1[N+](=O)[O-])c1cc(C)c(C)s1. The second kappa shape index (κ2) is 6.83. The molecule has 0 radical (unpaired) electrons. The maximum absolute atomic E-state index is 11.1. The molecule has 0 aliphatic carbocycles. The summed E-state index contributed by atoms with van der Waals surface area (Å²) in [5.74, 6) is 0. The number of aryl methyl sites for hydroxylation is 2. The highest BCUT2D eigenvalue weighted by Gasteiger charge is 2.20. The fourth-order valence-corrected chi connectivity index (χ4v) is 3.49. The summed E-state index contributed by atoms with van der Waals surface area (Å²) in [5.41, 5.74) is 2.25. The number of nitrogens with one attached hydrogen (secondary N) is 1. The van der Waals surface area contributed by atoms with Crippen molar-refractivity contribution < 1.29 is 4.92 Å². The Hall–Kier alpha value is -1.72. The molecule has 0 aliphatic rings. The molecule has 1 aromatic carbocycles. The number of nitro groups is 1. The Kier molecular flexibility index (Phi) is 5.09. The van der Waals surface area contributed by atoms with E-state index in [-0.39, 0.29) is 16.7 Å². The molecule has 0 amide bonds. The third-order valence-corrected chi connectivity index (χ3v) is 4.86. The largest absolute Gasteiger partial charge is 0.309 e. The highest BCUT2D eigenvalue weighted by atomic mass is 32.1. The zero-order chi connectivity index (χ0) is 15.4. The molecule has 0 bridgehead atoms. The van der Waals surface area contributed by atoms with Gasteiger partial charge in [-0.15, -0.1) is 11.3 Å². The van der Waals surface area contributed by atoms with Gasteiger partial charge in [-0.2, -0.15) is 0 Å². The van der Waals surface area contributed by atoms with E-state index in [9.17, 15) is 10.1 Å². The molecule has 1 heterocycles. The summed E-state index contributed by atoms with van der Waals surface area (Å²) in [6.07, 6.45) is 0.629. The van der Waals surface area contributed by atoms with Gasteiger partial charge >= 0.3 is 0 Å². The Labute approximate surface area is 129 Å². The molecular formula is C16H20N2O2S. The first kappa shape index (κ1) is 15.7. The first-order valence-corrected chi connectivity index (χ1v) is 7.87. The van der Waals surface area contributed by atoms with Crippen LogP contribution in [0.2, 0.25) is 0 Å². The van der Waals surface area contributed by atoms with Crippen molar-refractivity contribution in [2.45, 2.75) is 33.2 Å². The molecule has 1 unspecified atom stereocenters. The van der Waals surface area contributed by atoms with E-state index in [2.05, 4.69) is 32.2 Å². The second-order valence-corrected chi connectivity index (χ2v) is 6.38. The minimum atomic E-state index is -0.302. The van der Waals surface area contributed by atoms with E-state index in [1.54, 1.807) is 23.5 Å². The van der Waals surface area contributed by atoms with Crippen LogP contribution in [-0.4, -0.2) is 11.5 Å². The first-order chi connectivity index (χ1) is 10.0. The van der Waals surface area contributed by atoms with Gasteiger partial charge in [-0.05, 0) is 38.4 Å². The summed E-state index contributed by atoms with van der Waals surface area (Å²) in [5, 5.41) is 14.6.